The Morgan fingerprint density at radius 3 is 3.05 bits per heavy atom. The molecule has 0 aliphatic carbocycles. The number of amides is 2. The lowest BCUT2D eigenvalue weighted by Crippen LogP contribution is -2.54. The molecule has 19 heavy (non-hydrogen) atoms. The van der Waals surface area contributed by atoms with Gasteiger partial charge in [-0.15, -0.1) is 0 Å². The first kappa shape index (κ1) is 14.3. The number of hydrogen-bond donors (Lipinski definition) is 0. The topological polar surface area (TPSA) is 59.1 Å². The number of hydrogen-bond acceptors (Lipinski definition) is 4. The van der Waals surface area contributed by atoms with E-state index in [9.17, 15) is 9.59 Å². The Morgan fingerprint density at radius 2 is 2.32 bits per heavy atom. The lowest BCUT2D eigenvalue weighted by atomic mass is 9.91. The van der Waals surface area contributed by atoms with E-state index in [-0.39, 0.29) is 24.5 Å². The Bertz CT molecular complexity index is 348. The quantitative estimate of drug-likeness (QED) is 0.708. The number of carbonyl (C=O) groups is 2. The third-order valence-electron chi connectivity index (χ3n) is 4.04. The molecule has 0 aromatic rings. The molecule has 0 aromatic carbocycles. The van der Waals surface area contributed by atoms with Gasteiger partial charge < -0.3 is 19.3 Å². The van der Waals surface area contributed by atoms with Crippen LogP contribution in [0.3, 0.4) is 0 Å². The van der Waals surface area contributed by atoms with Crippen molar-refractivity contribution in [2.45, 2.75) is 18.9 Å². The maximum Gasteiger partial charge on any atom is 0.248 e. The lowest BCUT2D eigenvalue weighted by molar-refractivity contribution is -0.139. The van der Waals surface area contributed by atoms with Crippen molar-refractivity contribution in [1.82, 2.24) is 9.80 Å². The highest BCUT2D eigenvalue weighted by Crippen LogP contribution is 2.24. The second kappa shape index (κ2) is 6.34. The standard InChI is InChI=1S/C13H22N2O4/c1-14-11-7-15(12(16)4-6-18-2)5-3-10(11)8-19-9-13(14)17/h10-11H,3-9H2,1-2H3/t10-,11-/m0/s1. The maximum absolute atomic E-state index is 12.0. The van der Waals surface area contributed by atoms with Gasteiger partial charge in [0, 0.05) is 33.2 Å². The van der Waals surface area contributed by atoms with Crippen LogP contribution in [0.1, 0.15) is 12.8 Å². The van der Waals surface area contributed by atoms with Crippen LogP contribution in [0.4, 0.5) is 0 Å². The van der Waals surface area contributed by atoms with Gasteiger partial charge in [-0.2, -0.15) is 0 Å². The number of fused-ring (bicyclic) bond motifs is 1. The van der Waals surface area contributed by atoms with Gasteiger partial charge in [0.2, 0.25) is 11.8 Å². The van der Waals surface area contributed by atoms with E-state index >= 15 is 0 Å². The van der Waals surface area contributed by atoms with Crippen LogP contribution in [0.25, 0.3) is 0 Å². The average molecular weight is 270 g/mol. The second-order valence-corrected chi connectivity index (χ2v) is 5.22. The molecular weight excluding hydrogens is 248 g/mol. The zero-order chi connectivity index (χ0) is 13.8. The minimum Gasteiger partial charge on any atom is -0.384 e. The molecule has 0 unspecified atom stereocenters. The predicted molar refractivity (Wildman–Crippen MR) is 68.6 cm³/mol. The first-order valence-electron chi connectivity index (χ1n) is 6.73. The van der Waals surface area contributed by atoms with Gasteiger partial charge in [-0.25, -0.2) is 0 Å². The Balaban J connectivity index is 1.99. The summed E-state index contributed by atoms with van der Waals surface area (Å²) < 4.78 is 10.3. The highest BCUT2D eigenvalue weighted by molar-refractivity contribution is 5.78. The minimum absolute atomic E-state index is 0.00121. The number of methoxy groups -OCH3 is 1. The summed E-state index contributed by atoms with van der Waals surface area (Å²) in [4.78, 5) is 27.4. The van der Waals surface area contributed by atoms with Crippen LogP contribution in [0, 0.1) is 5.92 Å². The molecule has 6 nitrogen and oxygen atoms in total. The van der Waals surface area contributed by atoms with Crippen molar-refractivity contribution >= 4 is 11.8 Å². The van der Waals surface area contributed by atoms with E-state index in [4.69, 9.17) is 9.47 Å². The number of carbonyl (C=O) groups excluding carboxylic acids is 2. The van der Waals surface area contributed by atoms with Gasteiger partial charge in [-0.1, -0.05) is 0 Å². The summed E-state index contributed by atoms with van der Waals surface area (Å²) in [5.74, 6) is 0.438. The van der Waals surface area contributed by atoms with E-state index in [1.165, 1.54) is 0 Å². The van der Waals surface area contributed by atoms with Crippen molar-refractivity contribution in [2.24, 2.45) is 5.92 Å². The Hall–Kier alpha value is -1.14. The number of likely N-dealkylation sites (N-methyl/N-ethyl adjacent to an activating group) is 1. The number of likely N-dealkylation sites (tertiary alicyclic amines) is 1. The Kier molecular flexibility index (Phi) is 4.76. The summed E-state index contributed by atoms with van der Waals surface area (Å²) in [5.41, 5.74) is 0. The smallest absolute Gasteiger partial charge is 0.248 e. The molecule has 108 valence electrons. The molecule has 0 radical (unpaired) electrons. The summed E-state index contributed by atoms with van der Waals surface area (Å²) in [7, 11) is 3.40. The van der Waals surface area contributed by atoms with Crippen LogP contribution in [-0.2, 0) is 19.1 Å². The van der Waals surface area contributed by atoms with Crippen LogP contribution in [0.5, 0.6) is 0 Å². The SMILES string of the molecule is COCCC(=O)N1CC[C@H]2COCC(=O)N(C)[C@H]2C1. The molecule has 2 aliphatic rings. The lowest BCUT2D eigenvalue weighted by Gasteiger charge is -2.41. The summed E-state index contributed by atoms with van der Waals surface area (Å²) in [5, 5.41) is 0. The molecule has 2 heterocycles. The normalized spacial score (nSPS) is 28.0. The van der Waals surface area contributed by atoms with E-state index in [1.54, 1.807) is 19.1 Å². The van der Waals surface area contributed by atoms with Gasteiger partial charge in [0.25, 0.3) is 0 Å². The van der Waals surface area contributed by atoms with E-state index in [2.05, 4.69) is 0 Å². The van der Waals surface area contributed by atoms with Crippen molar-refractivity contribution in [3.63, 3.8) is 0 Å². The molecule has 0 aromatic heterocycles. The van der Waals surface area contributed by atoms with Crippen molar-refractivity contribution < 1.29 is 19.1 Å². The maximum atomic E-state index is 12.0. The van der Waals surface area contributed by atoms with Crippen LogP contribution >= 0.6 is 0 Å². The third-order valence-corrected chi connectivity index (χ3v) is 4.04. The fraction of sp³-hybridized carbons (Fsp3) is 0.846. The molecule has 2 rings (SSSR count). The molecular formula is C13H22N2O4. The van der Waals surface area contributed by atoms with Gasteiger partial charge in [-0.05, 0) is 6.42 Å². The van der Waals surface area contributed by atoms with Crippen LogP contribution in [0.2, 0.25) is 0 Å². The zero-order valence-corrected chi connectivity index (χ0v) is 11.6. The first-order valence-corrected chi connectivity index (χ1v) is 6.73. The second-order valence-electron chi connectivity index (χ2n) is 5.22. The largest absolute Gasteiger partial charge is 0.384 e. The molecule has 0 saturated carbocycles. The van der Waals surface area contributed by atoms with E-state index in [0.717, 1.165) is 13.0 Å². The number of ether oxygens (including phenoxy) is 2. The molecule has 0 spiro atoms. The monoisotopic (exact) mass is 270 g/mol. The summed E-state index contributed by atoms with van der Waals surface area (Å²) in [6, 6.07) is 0.0789. The fourth-order valence-corrected chi connectivity index (χ4v) is 2.77. The zero-order valence-electron chi connectivity index (χ0n) is 11.6. The number of rotatable bonds is 3. The fourth-order valence-electron chi connectivity index (χ4n) is 2.77. The molecule has 2 saturated heterocycles. The number of nitrogens with zero attached hydrogens (tertiary/aromatic N) is 2. The third kappa shape index (κ3) is 3.25. The Morgan fingerprint density at radius 1 is 1.53 bits per heavy atom. The van der Waals surface area contributed by atoms with Crippen molar-refractivity contribution in [3.05, 3.63) is 0 Å². The predicted octanol–water partition coefficient (Wildman–Crippen LogP) is -0.271. The minimum atomic E-state index is -0.00121. The highest BCUT2D eigenvalue weighted by Gasteiger charge is 2.37. The molecule has 2 fully saturated rings. The van der Waals surface area contributed by atoms with Crippen molar-refractivity contribution in [1.29, 1.82) is 0 Å². The first-order chi connectivity index (χ1) is 9.13. The van der Waals surface area contributed by atoms with E-state index < -0.39 is 0 Å². The van der Waals surface area contributed by atoms with Gasteiger partial charge in [-0.3, -0.25) is 9.59 Å². The highest BCUT2D eigenvalue weighted by atomic mass is 16.5. The molecule has 0 bridgehead atoms. The Labute approximate surface area is 113 Å². The van der Waals surface area contributed by atoms with Crippen LogP contribution < -0.4 is 0 Å². The molecule has 2 amide bonds. The summed E-state index contributed by atoms with van der Waals surface area (Å²) in [6.07, 6.45) is 1.29. The van der Waals surface area contributed by atoms with Gasteiger partial charge in [0.05, 0.1) is 25.7 Å². The van der Waals surface area contributed by atoms with Gasteiger partial charge >= 0.3 is 0 Å². The molecule has 2 atom stereocenters. The summed E-state index contributed by atoms with van der Waals surface area (Å²) >= 11 is 0. The van der Waals surface area contributed by atoms with E-state index in [0.29, 0.717) is 32.1 Å². The molecule has 2 aliphatic heterocycles. The van der Waals surface area contributed by atoms with E-state index in [1.807, 2.05) is 4.90 Å². The summed E-state index contributed by atoms with van der Waals surface area (Å²) in [6.45, 7) is 2.57. The number of piperidine rings is 1. The average Bonchev–Trinajstić information content (AvgIpc) is 2.56. The van der Waals surface area contributed by atoms with Crippen LogP contribution in [-0.4, -0.2) is 74.7 Å². The van der Waals surface area contributed by atoms with Crippen molar-refractivity contribution in [3.8, 4) is 0 Å². The van der Waals surface area contributed by atoms with Gasteiger partial charge in [0.15, 0.2) is 0 Å². The van der Waals surface area contributed by atoms with Gasteiger partial charge in [0.1, 0.15) is 6.61 Å². The van der Waals surface area contributed by atoms with Crippen molar-refractivity contribution in [2.75, 3.05) is 47.1 Å². The molecule has 0 N–H and O–H groups in total. The molecule has 6 heteroatoms. The van der Waals surface area contributed by atoms with Crippen LogP contribution in [0.15, 0.2) is 0 Å².